The summed E-state index contributed by atoms with van der Waals surface area (Å²) in [5.74, 6) is -2.73. The van der Waals surface area contributed by atoms with Gasteiger partial charge in [-0.2, -0.15) is 0 Å². The molecule has 2 aromatic carbocycles. The van der Waals surface area contributed by atoms with Crippen LogP contribution in [0.5, 0.6) is 5.75 Å². The number of hydrogen-bond acceptors (Lipinski definition) is 7. The van der Waals surface area contributed by atoms with Gasteiger partial charge in [-0.15, -0.1) is 0 Å². The number of Topliss-reactive ketones (excluding diaryl/α,β-unsaturated/α-hetero) is 1. The predicted octanol–water partition coefficient (Wildman–Crippen LogP) is 5.75. The van der Waals surface area contributed by atoms with Crippen LogP contribution in [0.1, 0.15) is 74.8 Å². The van der Waals surface area contributed by atoms with E-state index in [1.807, 2.05) is 30.3 Å². The molecule has 0 bridgehead atoms. The number of nitro benzene ring substituents is 1. The number of ketones is 1. The summed E-state index contributed by atoms with van der Waals surface area (Å²) in [6, 6.07) is 13.9. The Balaban J connectivity index is 1.57. The molecular weight excluding hydrogens is 472 g/mol. The third kappa shape index (κ3) is 4.92. The monoisotopic (exact) mass is 502 g/mol. The summed E-state index contributed by atoms with van der Waals surface area (Å²) in [5, 5.41) is 21.7. The maximum atomic E-state index is 13.7. The van der Waals surface area contributed by atoms with Gasteiger partial charge in [-0.05, 0) is 62.1 Å². The van der Waals surface area contributed by atoms with E-state index in [4.69, 9.17) is 9.73 Å². The van der Waals surface area contributed by atoms with E-state index in [-0.39, 0.29) is 24.2 Å². The molecule has 0 saturated heterocycles. The van der Waals surface area contributed by atoms with Crippen molar-refractivity contribution in [2.75, 3.05) is 0 Å². The number of nitrogens with zero attached hydrogens (tertiary/aromatic N) is 2. The molecule has 5 rings (SSSR count). The number of ether oxygens (including phenoxy) is 1. The fraction of sp³-hybridized carbons (Fsp3) is 0.414. The number of rotatable bonds is 5. The molecule has 8 heteroatoms. The number of allylic oxidation sites excluding steroid dienone is 2. The second kappa shape index (κ2) is 10.3. The Hall–Kier alpha value is -3.81. The zero-order chi connectivity index (χ0) is 26.1. The molecule has 8 nitrogen and oxygen atoms in total. The number of esters is 1. The Labute approximate surface area is 215 Å². The quantitative estimate of drug-likeness (QED) is 0.316. The molecule has 0 aromatic heterocycles. The third-order valence-corrected chi connectivity index (χ3v) is 7.80. The zero-order valence-corrected chi connectivity index (χ0v) is 20.8. The standard InChI is InChI=1S/C29H30N2O6/c1-17-26(29(34)37-21-10-6-3-7-11-21)27(19-12-13-24(32)23(15-19)31(35)36)28-22(30-17)14-20(16-25(28)33)18-8-4-2-5-9-18/h2,4-5,8-9,12-13,15,20-21,26-27,32H,3,6-7,10-11,14,16H2,1H3/t20-,26?,27+/m0/s1. The molecule has 1 saturated carbocycles. The van der Waals surface area contributed by atoms with E-state index in [1.165, 1.54) is 12.1 Å². The van der Waals surface area contributed by atoms with Gasteiger partial charge in [0.15, 0.2) is 11.5 Å². The minimum atomic E-state index is -0.873. The lowest BCUT2D eigenvalue weighted by Crippen LogP contribution is -2.39. The number of carbonyl (C=O) groups excluding carboxylic acids is 2. The Morgan fingerprint density at radius 2 is 1.78 bits per heavy atom. The van der Waals surface area contributed by atoms with Gasteiger partial charge in [0.2, 0.25) is 0 Å². The van der Waals surface area contributed by atoms with Gasteiger partial charge < -0.3 is 9.84 Å². The van der Waals surface area contributed by atoms with Crippen LogP contribution < -0.4 is 0 Å². The van der Waals surface area contributed by atoms with Crippen LogP contribution in [-0.4, -0.2) is 33.6 Å². The topological polar surface area (TPSA) is 119 Å². The first-order valence-corrected chi connectivity index (χ1v) is 12.9. The first kappa shape index (κ1) is 24.9. The van der Waals surface area contributed by atoms with Crippen LogP contribution in [0.4, 0.5) is 5.69 Å². The van der Waals surface area contributed by atoms with Crippen LogP contribution in [0, 0.1) is 16.0 Å². The smallest absolute Gasteiger partial charge is 0.315 e. The zero-order valence-electron chi connectivity index (χ0n) is 20.8. The van der Waals surface area contributed by atoms with Crippen LogP contribution in [0.2, 0.25) is 0 Å². The van der Waals surface area contributed by atoms with Crippen molar-refractivity contribution in [3.05, 3.63) is 81.0 Å². The molecule has 0 radical (unpaired) electrons. The molecule has 1 unspecified atom stereocenters. The van der Waals surface area contributed by atoms with Crippen molar-refractivity contribution in [2.45, 2.75) is 69.8 Å². The molecule has 2 aliphatic carbocycles. The lowest BCUT2D eigenvalue weighted by atomic mass is 9.69. The molecule has 192 valence electrons. The molecule has 37 heavy (non-hydrogen) atoms. The first-order chi connectivity index (χ1) is 17.8. The number of carbonyl (C=O) groups is 2. The molecule has 3 atom stereocenters. The van der Waals surface area contributed by atoms with E-state index in [2.05, 4.69) is 0 Å². The number of aliphatic imine (C=N–C) groups is 1. The summed E-state index contributed by atoms with van der Waals surface area (Å²) in [6.07, 6.45) is 5.33. The highest BCUT2D eigenvalue weighted by atomic mass is 16.6. The van der Waals surface area contributed by atoms with Crippen LogP contribution >= 0.6 is 0 Å². The Kier molecular flexibility index (Phi) is 6.91. The van der Waals surface area contributed by atoms with Gasteiger partial charge in [0.1, 0.15) is 12.0 Å². The van der Waals surface area contributed by atoms with Gasteiger partial charge in [-0.1, -0.05) is 42.8 Å². The maximum Gasteiger partial charge on any atom is 0.315 e. The van der Waals surface area contributed by atoms with Crippen LogP contribution in [0.15, 0.2) is 64.8 Å². The van der Waals surface area contributed by atoms with Gasteiger partial charge in [-0.3, -0.25) is 24.7 Å². The molecule has 3 aliphatic rings. The third-order valence-electron chi connectivity index (χ3n) is 7.80. The minimum absolute atomic E-state index is 0.0375. The summed E-state index contributed by atoms with van der Waals surface area (Å²) in [5.41, 5.74) is 2.56. The average molecular weight is 503 g/mol. The van der Waals surface area contributed by atoms with Gasteiger partial charge >= 0.3 is 11.7 Å². The molecule has 1 N–H and O–H groups in total. The van der Waals surface area contributed by atoms with Crippen LogP contribution in [0.3, 0.4) is 0 Å². The summed E-state index contributed by atoms with van der Waals surface area (Å²) in [4.78, 5) is 43.0. The number of aromatic hydroxyl groups is 1. The largest absolute Gasteiger partial charge is 0.502 e. The summed E-state index contributed by atoms with van der Waals surface area (Å²) < 4.78 is 5.92. The second-order valence-electron chi connectivity index (χ2n) is 10.2. The molecule has 0 amide bonds. The number of benzene rings is 2. The van der Waals surface area contributed by atoms with Gasteiger partial charge in [-0.25, -0.2) is 0 Å². The molecule has 2 aromatic rings. The van der Waals surface area contributed by atoms with Crippen molar-refractivity contribution < 1.29 is 24.4 Å². The maximum absolute atomic E-state index is 13.7. The van der Waals surface area contributed by atoms with E-state index >= 15 is 0 Å². The highest BCUT2D eigenvalue weighted by Crippen LogP contribution is 2.48. The van der Waals surface area contributed by atoms with E-state index in [0.29, 0.717) is 29.0 Å². The van der Waals surface area contributed by atoms with Gasteiger partial charge in [0.25, 0.3) is 0 Å². The van der Waals surface area contributed by atoms with Gasteiger partial charge in [0, 0.05) is 35.4 Å². The van der Waals surface area contributed by atoms with Crippen molar-refractivity contribution in [2.24, 2.45) is 10.9 Å². The first-order valence-electron chi connectivity index (χ1n) is 12.9. The van der Waals surface area contributed by atoms with E-state index < -0.39 is 34.2 Å². The fourth-order valence-corrected chi connectivity index (χ4v) is 5.99. The normalized spacial score (nSPS) is 24.3. The fourth-order valence-electron chi connectivity index (χ4n) is 5.99. The van der Waals surface area contributed by atoms with E-state index in [0.717, 1.165) is 37.7 Å². The summed E-state index contributed by atoms with van der Waals surface area (Å²) >= 11 is 0. The Bertz CT molecular complexity index is 1290. The number of phenols is 1. The number of hydrogen-bond donors (Lipinski definition) is 1. The number of phenolic OH excluding ortho intramolecular Hbond substituents is 1. The van der Waals surface area contributed by atoms with Crippen molar-refractivity contribution in [1.82, 2.24) is 0 Å². The lowest BCUT2D eigenvalue weighted by Gasteiger charge is -2.37. The SMILES string of the molecule is CC1=NC2=C(C(=O)C[C@@H](c3ccccc3)C2)[C@H](c2ccc(O)c([N+](=O)[O-])c2)C1C(=O)OC1CCCCC1. The summed E-state index contributed by atoms with van der Waals surface area (Å²) in [7, 11) is 0. The highest BCUT2D eigenvalue weighted by Gasteiger charge is 2.45. The second-order valence-corrected chi connectivity index (χ2v) is 10.2. The molecule has 1 fully saturated rings. The van der Waals surface area contributed by atoms with Crippen molar-refractivity contribution >= 4 is 23.2 Å². The van der Waals surface area contributed by atoms with Crippen LogP contribution in [0.25, 0.3) is 0 Å². The van der Waals surface area contributed by atoms with Gasteiger partial charge in [0.05, 0.1) is 4.92 Å². The van der Waals surface area contributed by atoms with Crippen molar-refractivity contribution in [3.63, 3.8) is 0 Å². The average Bonchev–Trinajstić information content (AvgIpc) is 2.89. The Morgan fingerprint density at radius 1 is 1.05 bits per heavy atom. The van der Waals surface area contributed by atoms with Crippen LogP contribution in [-0.2, 0) is 14.3 Å². The summed E-state index contributed by atoms with van der Waals surface area (Å²) in [6.45, 7) is 1.76. The molecule has 0 spiro atoms. The molecule has 1 aliphatic heterocycles. The lowest BCUT2D eigenvalue weighted by molar-refractivity contribution is -0.385. The van der Waals surface area contributed by atoms with Crippen molar-refractivity contribution in [3.8, 4) is 5.75 Å². The van der Waals surface area contributed by atoms with Crippen molar-refractivity contribution in [1.29, 1.82) is 0 Å². The predicted molar refractivity (Wildman–Crippen MR) is 138 cm³/mol. The molecular formula is C29H30N2O6. The van der Waals surface area contributed by atoms with E-state index in [1.54, 1.807) is 13.0 Å². The highest BCUT2D eigenvalue weighted by molar-refractivity contribution is 6.09. The number of nitro groups is 1. The molecule has 1 heterocycles. The minimum Gasteiger partial charge on any atom is -0.502 e. The Morgan fingerprint density at radius 3 is 2.49 bits per heavy atom. The van der Waals surface area contributed by atoms with E-state index in [9.17, 15) is 24.8 Å².